The predicted molar refractivity (Wildman–Crippen MR) is 59.5 cm³/mol. The zero-order chi connectivity index (χ0) is 20.4. The lowest BCUT2D eigenvalue weighted by Crippen LogP contribution is -2.46. The van der Waals surface area contributed by atoms with Gasteiger partial charge >= 0.3 is 18.4 Å². The molecule has 1 unspecified atom stereocenters. The summed E-state index contributed by atoms with van der Waals surface area (Å²) in [4.78, 5) is 13.4. The van der Waals surface area contributed by atoms with Crippen molar-refractivity contribution in [3.8, 4) is 0 Å². The number of carbonyl (C=O) groups is 1. The van der Waals surface area contributed by atoms with Crippen molar-refractivity contribution in [3.05, 3.63) is 17.2 Å². The highest BCUT2D eigenvalue weighted by Gasteiger charge is 2.59. The third-order valence-corrected chi connectivity index (χ3v) is 2.20. The summed E-state index contributed by atoms with van der Waals surface area (Å²) in [5, 5.41) is 0. The molecule has 102 valence electrons. The SMILES string of the molecule is [2H]C(=C(C([2H])([2H])[2H])C([2H])([2H])[2H])C(OC(=O)C=[N+]=[N-])C(Cl)(Cl)C(F)(F)F. The van der Waals surface area contributed by atoms with Crippen LogP contribution in [0.1, 0.15) is 23.3 Å². The minimum absolute atomic E-state index is 0.0368. The second kappa shape index (κ2) is 6.22. The first-order valence-electron chi connectivity index (χ1n) is 7.41. The van der Waals surface area contributed by atoms with E-state index in [0.29, 0.717) is 0 Å². The summed E-state index contributed by atoms with van der Waals surface area (Å²) in [6, 6.07) is -1.79. The van der Waals surface area contributed by atoms with Crippen molar-refractivity contribution in [3.63, 3.8) is 0 Å². The van der Waals surface area contributed by atoms with Crippen LogP contribution in [0, 0.1) is 0 Å². The zero-order valence-corrected chi connectivity index (χ0v) is 9.77. The van der Waals surface area contributed by atoms with Crippen LogP contribution in [0.4, 0.5) is 13.2 Å². The van der Waals surface area contributed by atoms with E-state index in [1.807, 2.05) is 0 Å². The third kappa shape index (κ3) is 4.68. The van der Waals surface area contributed by atoms with Gasteiger partial charge in [0.15, 0.2) is 6.10 Å². The molecule has 0 aliphatic carbocycles. The molecule has 0 spiro atoms. The molecule has 0 aliphatic heterocycles. The molecule has 0 aromatic rings. The van der Waals surface area contributed by atoms with Gasteiger partial charge in [-0.1, -0.05) is 28.8 Å². The van der Waals surface area contributed by atoms with Crippen LogP contribution in [0.2, 0.25) is 0 Å². The van der Waals surface area contributed by atoms with E-state index in [-0.39, 0.29) is 6.21 Å². The summed E-state index contributed by atoms with van der Waals surface area (Å²) in [6.07, 6.45) is -8.67. The normalized spacial score (nSPS) is 20.4. The van der Waals surface area contributed by atoms with Crippen molar-refractivity contribution in [1.82, 2.24) is 0 Å². The molecule has 4 nitrogen and oxygen atoms in total. The summed E-state index contributed by atoms with van der Waals surface area (Å²) in [5.74, 6) is -1.79. The van der Waals surface area contributed by atoms with E-state index in [0.717, 1.165) is 0 Å². The van der Waals surface area contributed by atoms with E-state index in [9.17, 15) is 18.0 Å². The molecule has 9 heteroatoms. The summed E-state index contributed by atoms with van der Waals surface area (Å²) in [7, 11) is 0. The van der Waals surface area contributed by atoms with E-state index in [4.69, 9.17) is 38.3 Å². The Bertz CT molecular complexity index is 594. The van der Waals surface area contributed by atoms with Gasteiger partial charge in [-0.2, -0.15) is 18.0 Å². The first kappa shape index (κ1) is 8.19. The number of esters is 1. The van der Waals surface area contributed by atoms with E-state index in [1.165, 1.54) is 0 Å². The van der Waals surface area contributed by atoms with Crippen molar-refractivity contribution < 1.29 is 37.1 Å². The lowest BCUT2D eigenvalue weighted by molar-refractivity contribution is -0.170. The number of hydrogen-bond donors (Lipinski definition) is 0. The highest BCUT2D eigenvalue weighted by atomic mass is 35.5. The Kier molecular flexibility index (Phi) is 2.83. The predicted octanol–water partition coefficient (Wildman–Crippen LogP) is 2.90. The number of nitrogens with zero attached hydrogens (tertiary/aromatic N) is 2. The topological polar surface area (TPSA) is 62.7 Å². The Morgan fingerprint density at radius 1 is 1.56 bits per heavy atom. The van der Waals surface area contributed by atoms with Crippen LogP contribution in [0.25, 0.3) is 5.53 Å². The van der Waals surface area contributed by atoms with Crippen molar-refractivity contribution >= 4 is 35.4 Å². The Labute approximate surface area is 121 Å². The van der Waals surface area contributed by atoms with Crippen LogP contribution in [0.5, 0.6) is 0 Å². The molecule has 0 N–H and O–H groups in total. The van der Waals surface area contributed by atoms with Gasteiger partial charge in [0, 0.05) is 8.22 Å². The van der Waals surface area contributed by atoms with Crippen LogP contribution in [0.15, 0.2) is 11.6 Å². The highest BCUT2D eigenvalue weighted by Crippen LogP contribution is 2.44. The van der Waals surface area contributed by atoms with Gasteiger partial charge in [-0.3, -0.25) is 0 Å². The van der Waals surface area contributed by atoms with Crippen molar-refractivity contribution in [2.24, 2.45) is 0 Å². The maximum absolute atomic E-state index is 13.0. The van der Waals surface area contributed by atoms with Crippen LogP contribution >= 0.6 is 23.2 Å². The smallest absolute Gasteiger partial charge is 0.425 e. The minimum atomic E-state index is -5.56. The molecule has 0 saturated carbocycles. The molecule has 0 saturated heterocycles. The lowest BCUT2D eigenvalue weighted by atomic mass is 10.1. The zero-order valence-electron chi connectivity index (χ0n) is 15.3. The number of rotatable bonds is 4. The molecule has 0 aromatic carbocycles. The van der Waals surface area contributed by atoms with E-state index < -0.39 is 47.9 Å². The monoisotopic (exact) mass is 311 g/mol. The maximum Gasteiger partial charge on any atom is 0.425 e. The first-order valence-corrected chi connectivity index (χ1v) is 4.67. The highest BCUT2D eigenvalue weighted by molar-refractivity contribution is 6.49. The molecule has 0 rings (SSSR count). The molecule has 0 fully saturated rings. The van der Waals surface area contributed by atoms with Crippen LogP contribution < -0.4 is 0 Å². The first-order chi connectivity index (χ1) is 10.9. The summed E-state index contributed by atoms with van der Waals surface area (Å²) in [6.45, 7) is -7.10. The van der Waals surface area contributed by atoms with Crippen LogP contribution in [-0.2, 0) is 9.53 Å². The molecular weight excluding hydrogens is 296 g/mol. The second-order valence-electron chi connectivity index (χ2n) is 2.70. The van der Waals surface area contributed by atoms with Crippen molar-refractivity contribution in [1.29, 1.82) is 0 Å². The van der Waals surface area contributed by atoms with Crippen LogP contribution in [0.3, 0.4) is 0 Å². The van der Waals surface area contributed by atoms with Gasteiger partial charge in [0.1, 0.15) is 0 Å². The summed E-state index contributed by atoms with van der Waals surface area (Å²) in [5.41, 5.74) is 6.43. The molecule has 0 amide bonds. The largest absolute Gasteiger partial charge is 0.446 e. The minimum Gasteiger partial charge on any atom is -0.446 e. The quantitative estimate of drug-likeness (QED) is 0.200. The molecule has 0 aliphatic rings. The lowest BCUT2D eigenvalue weighted by Gasteiger charge is -2.28. The van der Waals surface area contributed by atoms with E-state index in [2.05, 4.69) is 9.53 Å². The molecule has 0 aromatic heterocycles. The number of hydrogen-bond acceptors (Lipinski definition) is 2. The molecule has 0 bridgehead atoms. The van der Waals surface area contributed by atoms with Gasteiger partial charge in [0.05, 0.1) is 1.37 Å². The average molecular weight is 312 g/mol. The van der Waals surface area contributed by atoms with Crippen molar-refractivity contribution in [2.75, 3.05) is 0 Å². The van der Waals surface area contributed by atoms with Gasteiger partial charge in [0.25, 0.3) is 4.33 Å². The summed E-state index contributed by atoms with van der Waals surface area (Å²) >= 11 is 10.2. The number of halogens is 5. The number of ether oxygens (including phenoxy) is 1. The fourth-order valence-corrected chi connectivity index (χ4v) is 0.866. The Hall–Kier alpha value is -1.04. The fourth-order valence-electron chi connectivity index (χ4n) is 0.668. The van der Waals surface area contributed by atoms with Gasteiger partial charge in [-0.25, -0.2) is 4.79 Å². The number of carbonyl (C=O) groups excluding carboxylic acids is 1. The standard InChI is InChI=1S/C9H9Cl2F3N2O2/c1-5(2)3-6(18-7(17)4-16-15)8(10,11)9(12,13)14/h3-4,6H,1-2H3/i1D3,2D3,3D. The van der Waals surface area contributed by atoms with Gasteiger partial charge in [-0.05, 0) is 19.8 Å². The van der Waals surface area contributed by atoms with E-state index in [1.54, 1.807) is 0 Å². The molecule has 18 heavy (non-hydrogen) atoms. The fraction of sp³-hybridized carbons (Fsp3) is 0.556. The average Bonchev–Trinajstić information content (AvgIpc) is 2.30. The molecule has 1 atom stereocenters. The third-order valence-electron chi connectivity index (χ3n) is 1.38. The maximum atomic E-state index is 13.0. The Morgan fingerprint density at radius 2 is 2.11 bits per heavy atom. The number of allylic oxidation sites excluding steroid dienone is 1. The molecular formula is C9H9Cl2F3N2O2. The Morgan fingerprint density at radius 3 is 2.50 bits per heavy atom. The van der Waals surface area contributed by atoms with Crippen molar-refractivity contribution in [2.45, 2.75) is 30.3 Å². The Balaban J connectivity index is 6.62. The summed E-state index contributed by atoms with van der Waals surface area (Å²) < 4.78 is 89.4. The number of alkyl halides is 5. The molecule has 0 radical (unpaired) electrons. The van der Waals surface area contributed by atoms with Gasteiger partial charge in [-0.15, -0.1) is 0 Å². The van der Waals surface area contributed by atoms with Gasteiger partial charge < -0.3 is 10.3 Å². The van der Waals surface area contributed by atoms with E-state index >= 15 is 0 Å². The molecule has 0 heterocycles. The van der Waals surface area contributed by atoms with Crippen LogP contribution in [-0.4, -0.2) is 33.6 Å². The second-order valence-corrected chi connectivity index (χ2v) is 4.09. The van der Waals surface area contributed by atoms with Gasteiger partial charge in [0.2, 0.25) is 0 Å².